The molecule has 1 rings (SSSR count). The summed E-state index contributed by atoms with van der Waals surface area (Å²) in [4.78, 5) is 13.2. The molecule has 1 aromatic carbocycles. The third-order valence-corrected chi connectivity index (χ3v) is 33.3. The number of hydrogen-bond donors (Lipinski definition) is 0. The Labute approximate surface area is 326 Å². The number of unbranched alkanes of at least 4 members (excludes halogenated alkanes) is 3. The van der Waals surface area contributed by atoms with E-state index in [0.29, 0.717) is 19.6 Å². The van der Waals surface area contributed by atoms with E-state index in [0.717, 1.165) is 23.8 Å². The van der Waals surface area contributed by atoms with Crippen LogP contribution in [0, 0.1) is 0 Å². The summed E-state index contributed by atoms with van der Waals surface area (Å²) in [6.45, 7) is 29.1. The summed E-state index contributed by atoms with van der Waals surface area (Å²) in [6, 6.07) is 9.12. The molecular formula is C42H80O7Si2Sn. The van der Waals surface area contributed by atoms with Crippen LogP contribution < -0.4 is 4.74 Å². The van der Waals surface area contributed by atoms with Crippen LogP contribution >= 0.6 is 0 Å². The van der Waals surface area contributed by atoms with Gasteiger partial charge >= 0.3 is 317 Å². The molecular weight excluding hydrogens is 791 g/mol. The maximum atomic E-state index is 13.2. The third kappa shape index (κ3) is 18.8. The normalized spacial score (nSPS) is 15.0. The van der Waals surface area contributed by atoms with Gasteiger partial charge in [0.1, 0.15) is 0 Å². The molecule has 0 saturated heterocycles. The Bertz CT molecular complexity index is 1120. The molecule has 0 aliphatic heterocycles. The van der Waals surface area contributed by atoms with Crippen molar-refractivity contribution < 1.29 is 32.9 Å². The molecule has 0 heterocycles. The predicted octanol–water partition coefficient (Wildman–Crippen LogP) is 12.0. The first-order valence-corrected chi connectivity index (χ1v) is 34.4. The molecule has 0 amide bonds. The van der Waals surface area contributed by atoms with Gasteiger partial charge in [-0.3, -0.25) is 0 Å². The minimum absolute atomic E-state index is 0.0251. The van der Waals surface area contributed by atoms with Crippen LogP contribution in [-0.4, -0.2) is 86.7 Å². The van der Waals surface area contributed by atoms with Crippen LogP contribution in [0.3, 0.4) is 0 Å². The van der Waals surface area contributed by atoms with E-state index >= 15 is 0 Å². The first kappa shape index (κ1) is 49.3. The van der Waals surface area contributed by atoms with E-state index in [9.17, 15) is 4.79 Å². The number of ether oxygens (including phenoxy) is 5. The average Bonchev–Trinajstić information content (AvgIpc) is 3.08. The van der Waals surface area contributed by atoms with Crippen molar-refractivity contribution in [2.24, 2.45) is 0 Å². The van der Waals surface area contributed by atoms with Gasteiger partial charge in [-0.2, -0.15) is 0 Å². The summed E-state index contributed by atoms with van der Waals surface area (Å²) in [7, 11) is -0.264. The molecule has 1 aromatic rings. The summed E-state index contributed by atoms with van der Waals surface area (Å²) in [5.41, 5.74) is 1.08. The van der Waals surface area contributed by atoms with E-state index in [2.05, 4.69) is 81.2 Å². The van der Waals surface area contributed by atoms with Gasteiger partial charge < -0.3 is 4.74 Å². The number of hydrogen-bond acceptors (Lipinski definition) is 7. The van der Waals surface area contributed by atoms with E-state index in [-0.39, 0.29) is 36.1 Å². The van der Waals surface area contributed by atoms with Gasteiger partial charge in [0.05, 0.1) is 7.11 Å². The first-order valence-electron chi connectivity index (χ1n) is 20.3. The fraction of sp³-hybridized carbons (Fsp3) is 0.786. The Kier molecular flexibility index (Phi) is 23.5. The molecule has 0 aromatic heterocycles. The van der Waals surface area contributed by atoms with Gasteiger partial charge in [-0.1, -0.05) is 0 Å². The summed E-state index contributed by atoms with van der Waals surface area (Å²) in [5.74, 6) is 0.597. The monoisotopic (exact) mass is 872 g/mol. The Morgan fingerprint density at radius 3 is 1.88 bits per heavy atom. The van der Waals surface area contributed by atoms with Crippen LogP contribution in [0.4, 0.5) is 0 Å². The van der Waals surface area contributed by atoms with Crippen molar-refractivity contribution in [2.75, 3.05) is 27.6 Å². The molecule has 0 saturated carbocycles. The SMILES string of the molecule is CCC[CH2][Sn]([CH2]CCC)([CH2]CCC)/[C](=C/C(=O)OC)C[C@@H](C[C@@H](OCOCC[Si](C)(C)C)[C@@H](C)OCc1ccc(OC)cc1)O[Si](C)(C)C(C)(C)C. The Morgan fingerprint density at radius 2 is 1.42 bits per heavy atom. The topological polar surface area (TPSA) is 72.5 Å². The number of carbonyl (C=O) groups is 1. The van der Waals surface area contributed by atoms with Crippen LogP contribution in [0.2, 0.25) is 57.1 Å². The van der Waals surface area contributed by atoms with Gasteiger partial charge in [-0.05, 0) is 0 Å². The second kappa shape index (κ2) is 24.7. The third-order valence-electron chi connectivity index (χ3n) is 11.0. The summed E-state index contributed by atoms with van der Waals surface area (Å²) in [6.07, 6.45) is 9.87. The zero-order valence-electron chi connectivity index (χ0n) is 36.1. The Hall–Kier alpha value is -0.698. The van der Waals surface area contributed by atoms with Crippen molar-refractivity contribution in [1.29, 1.82) is 0 Å². The zero-order chi connectivity index (χ0) is 39.4. The Balaban J connectivity index is 3.67. The van der Waals surface area contributed by atoms with Crippen LogP contribution in [0.15, 0.2) is 33.9 Å². The van der Waals surface area contributed by atoms with Crippen molar-refractivity contribution in [2.45, 2.75) is 182 Å². The van der Waals surface area contributed by atoms with Gasteiger partial charge in [0, 0.05) is 0 Å². The van der Waals surface area contributed by atoms with Crippen molar-refractivity contribution in [1.82, 2.24) is 0 Å². The van der Waals surface area contributed by atoms with E-state index in [1.165, 1.54) is 62.5 Å². The second-order valence-corrected chi connectivity index (χ2v) is 41.4. The fourth-order valence-corrected chi connectivity index (χ4v) is 25.3. The zero-order valence-corrected chi connectivity index (χ0v) is 40.9. The van der Waals surface area contributed by atoms with E-state index in [1.807, 2.05) is 30.3 Å². The fourth-order valence-electron chi connectivity index (χ4n) is 6.33. The number of benzene rings is 1. The van der Waals surface area contributed by atoms with Crippen LogP contribution in [0.1, 0.15) is 105 Å². The first-order chi connectivity index (χ1) is 24.4. The predicted molar refractivity (Wildman–Crippen MR) is 227 cm³/mol. The summed E-state index contributed by atoms with van der Waals surface area (Å²) in [5, 5.41) is 0.0251. The van der Waals surface area contributed by atoms with Gasteiger partial charge in [-0.25, -0.2) is 0 Å². The van der Waals surface area contributed by atoms with Crippen LogP contribution in [0.5, 0.6) is 5.75 Å². The Morgan fingerprint density at radius 1 is 0.865 bits per heavy atom. The molecule has 0 N–H and O–H groups in total. The minimum atomic E-state index is -3.07. The van der Waals surface area contributed by atoms with E-state index < -0.39 is 34.8 Å². The molecule has 7 nitrogen and oxygen atoms in total. The second-order valence-electron chi connectivity index (χ2n) is 17.6. The van der Waals surface area contributed by atoms with Crippen molar-refractivity contribution >= 4 is 40.7 Å². The summed E-state index contributed by atoms with van der Waals surface area (Å²) >= 11 is -3.07. The molecule has 0 radical (unpaired) electrons. The molecule has 0 spiro atoms. The standard InChI is InChI=1S/C30H53O7Si2.3C4H9.Sn/c1-24(35-22-25-15-17-26(32-5)18-16-25)28(36-23-34-19-20-38(7,8)9)21-27(13-12-14-29(31)33-6)37-39(10,11)30(2,3)4;3*1-3-4-2;/h14-18,24,27-28H,13,19-23H2,1-11H3;3*1,3-4H2,2H3;/t24-,27+,28-;;;;/m1..../s1. The van der Waals surface area contributed by atoms with Gasteiger partial charge in [0.15, 0.2) is 0 Å². The molecule has 0 fully saturated rings. The molecule has 0 bridgehead atoms. The van der Waals surface area contributed by atoms with Crippen LogP contribution in [0.25, 0.3) is 0 Å². The number of methoxy groups -OCH3 is 2. The van der Waals surface area contributed by atoms with Crippen molar-refractivity contribution in [3.05, 3.63) is 39.5 Å². The van der Waals surface area contributed by atoms with Gasteiger partial charge in [0.25, 0.3) is 0 Å². The van der Waals surface area contributed by atoms with Crippen molar-refractivity contribution in [3.8, 4) is 5.75 Å². The molecule has 0 aliphatic rings. The average molecular weight is 872 g/mol. The number of carbonyl (C=O) groups excluding carboxylic acids is 1. The maximum absolute atomic E-state index is 13.2. The quantitative estimate of drug-likeness (QED) is 0.0273. The number of esters is 1. The van der Waals surface area contributed by atoms with Gasteiger partial charge in [-0.15, -0.1) is 0 Å². The molecule has 0 unspecified atom stereocenters. The van der Waals surface area contributed by atoms with E-state index in [4.69, 9.17) is 28.1 Å². The molecule has 0 aliphatic carbocycles. The van der Waals surface area contributed by atoms with Crippen LogP contribution in [-0.2, 0) is 34.8 Å². The molecule has 10 heteroatoms. The number of rotatable bonds is 28. The molecule has 3 atom stereocenters. The van der Waals surface area contributed by atoms with Crippen molar-refractivity contribution in [3.63, 3.8) is 0 Å². The molecule has 52 heavy (non-hydrogen) atoms. The van der Waals surface area contributed by atoms with E-state index in [1.54, 1.807) is 7.11 Å². The van der Waals surface area contributed by atoms with Gasteiger partial charge in [0.2, 0.25) is 0 Å². The molecule has 302 valence electrons. The summed E-state index contributed by atoms with van der Waals surface area (Å²) < 4.78 is 42.6.